The van der Waals surface area contributed by atoms with Gasteiger partial charge in [0.15, 0.2) is 0 Å². The van der Waals surface area contributed by atoms with E-state index in [4.69, 9.17) is 5.26 Å². The van der Waals surface area contributed by atoms with Crippen molar-refractivity contribution in [2.45, 2.75) is 32.1 Å². The summed E-state index contributed by atoms with van der Waals surface area (Å²) in [5, 5.41) is 11.8. The van der Waals surface area contributed by atoms with Gasteiger partial charge in [-0.25, -0.2) is 4.39 Å². The van der Waals surface area contributed by atoms with Gasteiger partial charge in [-0.2, -0.15) is 5.26 Å². The number of carbonyl (C=O) groups excluding carboxylic acids is 1. The van der Waals surface area contributed by atoms with Crippen molar-refractivity contribution in [3.63, 3.8) is 0 Å². The van der Waals surface area contributed by atoms with E-state index in [0.29, 0.717) is 24.9 Å². The molecular weight excluding hydrogens is 323 g/mol. The molecule has 3 nitrogen and oxygen atoms in total. The van der Waals surface area contributed by atoms with E-state index in [1.807, 2.05) is 13.8 Å². The molecule has 0 saturated heterocycles. The molecule has 106 valence electrons. The summed E-state index contributed by atoms with van der Waals surface area (Å²) in [6, 6.07) is 6.82. The summed E-state index contributed by atoms with van der Waals surface area (Å²) in [5.74, 6) is -0.544. The number of nitriles is 1. The van der Waals surface area contributed by atoms with Crippen LogP contribution in [0.15, 0.2) is 22.7 Å². The number of hydrogen-bond acceptors (Lipinski definition) is 2. The topological polar surface area (TPSA) is 52.9 Å². The molecule has 5 heteroatoms. The van der Waals surface area contributed by atoms with Crippen LogP contribution in [0.5, 0.6) is 0 Å². The second-order valence-electron chi connectivity index (χ2n) is 5.88. The van der Waals surface area contributed by atoms with Gasteiger partial charge < -0.3 is 5.32 Å². The van der Waals surface area contributed by atoms with Crippen LogP contribution in [0, 0.1) is 22.6 Å². The Bertz CT molecular complexity index is 588. The van der Waals surface area contributed by atoms with Crippen LogP contribution in [-0.4, -0.2) is 12.5 Å². The monoisotopic (exact) mass is 338 g/mol. The summed E-state index contributed by atoms with van der Waals surface area (Å²) in [4.78, 5) is 12.0. The van der Waals surface area contributed by atoms with Gasteiger partial charge in [-0.1, -0.05) is 29.8 Å². The molecule has 1 saturated carbocycles. The third-order valence-electron chi connectivity index (χ3n) is 3.75. The maximum atomic E-state index is 13.9. The van der Waals surface area contributed by atoms with Crippen LogP contribution in [0.25, 0.3) is 0 Å². The Kier molecular flexibility index (Phi) is 3.88. The lowest BCUT2D eigenvalue weighted by atomic mass is 9.84. The van der Waals surface area contributed by atoms with Crippen LogP contribution >= 0.6 is 15.9 Å². The molecule has 1 aliphatic rings. The van der Waals surface area contributed by atoms with Crippen LogP contribution in [-0.2, 0) is 10.2 Å². The van der Waals surface area contributed by atoms with Gasteiger partial charge >= 0.3 is 0 Å². The van der Waals surface area contributed by atoms with Crippen LogP contribution in [0.4, 0.5) is 4.39 Å². The predicted molar refractivity (Wildman–Crippen MR) is 77.4 cm³/mol. The first-order chi connectivity index (χ1) is 9.31. The molecule has 1 amide bonds. The maximum Gasteiger partial charge on any atom is 0.240 e. The Morgan fingerprint density at radius 2 is 2.20 bits per heavy atom. The number of benzene rings is 1. The number of rotatable bonds is 4. The van der Waals surface area contributed by atoms with Crippen molar-refractivity contribution in [3.05, 3.63) is 34.1 Å². The Hall–Kier alpha value is -1.41. The van der Waals surface area contributed by atoms with Crippen molar-refractivity contribution in [2.75, 3.05) is 6.54 Å². The number of carbonyl (C=O) groups is 1. The van der Waals surface area contributed by atoms with Crippen LogP contribution < -0.4 is 5.32 Å². The summed E-state index contributed by atoms with van der Waals surface area (Å²) < 4.78 is 14.7. The van der Waals surface area contributed by atoms with Gasteiger partial charge in [0.25, 0.3) is 0 Å². The lowest BCUT2D eigenvalue weighted by Gasteiger charge is -2.27. The van der Waals surface area contributed by atoms with Crippen molar-refractivity contribution < 1.29 is 9.18 Å². The standard InChI is InChI=1S/C15H16BrFN2O/c1-14(2,11-7-10(16)3-4-12(11)17)9-19-13(20)15(8-18)5-6-15/h3-4,7H,5-6,9H2,1-2H3,(H,19,20). The normalized spacial score (nSPS) is 16.4. The molecule has 0 atom stereocenters. The summed E-state index contributed by atoms with van der Waals surface area (Å²) in [5.41, 5.74) is -0.852. The third-order valence-corrected chi connectivity index (χ3v) is 4.24. The second-order valence-corrected chi connectivity index (χ2v) is 6.80. The quantitative estimate of drug-likeness (QED) is 0.915. The highest BCUT2D eigenvalue weighted by Crippen LogP contribution is 2.45. The Morgan fingerprint density at radius 3 is 2.75 bits per heavy atom. The van der Waals surface area contributed by atoms with Gasteiger partial charge in [-0.3, -0.25) is 4.79 Å². The Labute approximate surface area is 126 Å². The lowest BCUT2D eigenvalue weighted by molar-refractivity contribution is -0.124. The van der Waals surface area contributed by atoms with E-state index in [9.17, 15) is 9.18 Å². The second kappa shape index (κ2) is 5.17. The predicted octanol–water partition coefficient (Wildman–Crippen LogP) is 3.29. The minimum atomic E-state index is -0.841. The van der Waals surface area contributed by atoms with E-state index in [1.165, 1.54) is 6.07 Å². The van der Waals surface area contributed by atoms with Crippen LogP contribution in [0.2, 0.25) is 0 Å². The maximum absolute atomic E-state index is 13.9. The molecule has 0 spiro atoms. The number of nitrogens with zero attached hydrogens (tertiary/aromatic N) is 1. The first kappa shape index (κ1) is 15.0. The molecule has 1 aliphatic carbocycles. The molecule has 2 rings (SSSR count). The van der Waals surface area contributed by atoms with Crippen molar-refractivity contribution in [3.8, 4) is 6.07 Å². The van der Waals surface area contributed by atoms with E-state index in [-0.39, 0.29) is 11.7 Å². The zero-order valence-electron chi connectivity index (χ0n) is 11.5. The van der Waals surface area contributed by atoms with E-state index in [2.05, 4.69) is 27.3 Å². The fourth-order valence-corrected chi connectivity index (χ4v) is 2.46. The smallest absolute Gasteiger partial charge is 0.240 e. The molecule has 20 heavy (non-hydrogen) atoms. The molecule has 0 unspecified atom stereocenters. The summed E-state index contributed by atoms with van der Waals surface area (Å²) >= 11 is 3.32. The van der Waals surface area contributed by atoms with Crippen molar-refractivity contribution in [1.82, 2.24) is 5.32 Å². The average Bonchev–Trinajstić information content (AvgIpc) is 3.20. The Morgan fingerprint density at radius 1 is 1.55 bits per heavy atom. The van der Waals surface area contributed by atoms with Gasteiger partial charge in [0.2, 0.25) is 5.91 Å². The van der Waals surface area contributed by atoms with Gasteiger partial charge in [-0.15, -0.1) is 0 Å². The summed E-state index contributed by atoms with van der Waals surface area (Å²) in [6.07, 6.45) is 1.22. The largest absolute Gasteiger partial charge is 0.354 e. The molecule has 1 N–H and O–H groups in total. The highest BCUT2D eigenvalue weighted by molar-refractivity contribution is 9.10. The first-order valence-corrected chi connectivity index (χ1v) is 7.25. The first-order valence-electron chi connectivity index (χ1n) is 6.46. The zero-order valence-corrected chi connectivity index (χ0v) is 13.1. The number of nitrogens with one attached hydrogen (secondary N) is 1. The van der Waals surface area contributed by atoms with Crippen molar-refractivity contribution >= 4 is 21.8 Å². The molecule has 0 heterocycles. The minimum absolute atomic E-state index is 0.247. The van der Waals surface area contributed by atoms with Crippen molar-refractivity contribution in [2.24, 2.45) is 5.41 Å². The number of halogens is 2. The van der Waals surface area contributed by atoms with Gasteiger partial charge in [-0.05, 0) is 36.6 Å². The summed E-state index contributed by atoms with van der Waals surface area (Å²) in [7, 11) is 0. The van der Waals surface area contributed by atoms with Gasteiger partial charge in [0.05, 0.1) is 6.07 Å². The van der Waals surface area contributed by atoms with Crippen molar-refractivity contribution in [1.29, 1.82) is 5.26 Å². The molecule has 1 aromatic carbocycles. The molecule has 0 radical (unpaired) electrons. The third kappa shape index (κ3) is 2.85. The van der Waals surface area contributed by atoms with Gasteiger partial charge in [0.1, 0.15) is 11.2 Å². The molecule has 0 aliphatic heterocycles. The lowest BCUT2D eigenvalue weighted by Crippen LogP contribution is -2.40. The zero-order chi connectivity index (χ0) is 15.0. The SMILES string of the molecule is CC(C)(CNC(=O)C1(C#N)CC1)c1cc(Br)ccc1F. The van der Waals surface area contributed by atoms with Crippen LogP contribution in [0.1, 0.15) is 32.3 Å². The molecule has 1 fully saturated rings. The van der Waals surface area contributed by atoms with E-state index >= 15 is 0 Å². The summed E-state index contributed by atoms with van der Waals surface area (Å²) in [6.45, 7) is 4.02. The average molecular weight is 339 g/mol. The van der Waals surface area contributed by atoms with E-state index < -0.39 is 10.8 Å². The van der Waals surface area contributed by atoms with Gasteiger partial charge in [0, 0.05) is 16.4 Å². The molecule has 0 bridgehead atoms. The highest BCUT2D eigenvalue weighted by atomic mass is 79.9. The minimum Gasteiger partial charge on any atom is -0.354 e. The molecule has 1 aromatic rings. The highest BCUT2D eigenvalue weighted by Gasteiger charge is 2.50. The van der Waals surface area contributed by atoms with E-state index in [0.717, 1.165) is 4.47 Å². The van der Waals surface area contributed by atoms with Crippen LogP contribution in [0.3, 0.4) is 0 Å². The number of amides is 1. The van der Waals surface area contributed by atoms with E-state index in [1.54, 1.807) is 12.1 Å². The fraction of sp³-hybridized carbons (Fsp3) is 0.467. The molecule has 0 aromatic heterocycles. The number of hydrogen-bond donors (Lipinski definition) is 1. The fourth-order valence-electron chi connectivity index (χ4n) is 2.10. The Balaban J connectivity index is 2.10. The molecular formula is C15H16BrFN2O.